The molecule has 0 radical (unpaired) electrons. The molecule has 98 valence electrons. The fraction of sp³-hybridized carbons (Fsp3) is 0.353. The van der Waals surface area contributed by atoms with E-state index in [4.69, 9.17) is 4.98 Å². The number of rotatable bonds is 3. The van der Waals surface area contributed by atoms with Crippen molar-refractivity contribution in [2.75, 3.05) is 18.0 Å². The van der Waals surface area contributed by atoms with Gasteiger partial charge in [-0.3, -0.25) is 0 Å². The molecule has 2 heterocycles. The first-order valence-electron chi connectivity index (χ1n) is 7.17. The van der Waals surface area contributed by atoms with Gasteiger partial charge in [-0.2, -0.15) is 0 Å². The van der Waals surface area contributed by atoms with Crippen LogP contribution < -0.4 is 4.90 Å². The van der Waals surface area contributed by atoms with Crippen molar-refractivity contribution < 1.29 is 0 Å². The summed E-state index contributed by atoms with van der Waals surface area (Å²) in [5.74, 6) is 1.15. The van der Waals surface area contributed by atoms with Crippen LogP contribution in [0.15, 0.2) is 48.5 Å². The lowest BCUT2D eigenvalue weighted by Gasteiger charge is -2.28. The highest BCUT2D eigenvalue weighted by atomic mass is 15.2. The molecule has 0 aliphatic carbocycles. The first kappa shape index (κ1) is 12.2. The highest BCUT2D eigenvalue weighted by molar-refractivity contribution is 5.40. The third-order valence-electron chi connectivity index (χ3n) is 3.70. The Morgan fingerprint density at radius 1 is 0.842 bits per heavy atom. The number of hydrogen-bond donors (Lipinski definition) is 0. The van der Waals surface area contributed by atoms with Crippen LogP contribution in [0.5, 0.6) is 0 Å². The van der Waals surface area contributed by atoms with Gasteiger partial charge in [-0.05, 0) is 37.0 Å². The summed E-state index contributed by atoms with van der Waals surface area (Å²) in [7, 11) is 0. The molecule has 1 aliphatic rings. The average molecular weight is 252 g/mol. The van der Waals surface area contributed by atoms with Crippen LogP contribution >= 0.6 is 0 Å². The number of hydrogen-bond acceptors (Lipinski definition) is 2. The van der Waals surface area contributed by atoms with Crippen molar-refractivity contribution in [3.63, 3.8) is 0 Å². The summed E-state index contributed by atoms with van der Waals surface area (Å²) < 4.78 is 0. The molecule has 1 aromatic carbocycles. The zero-order valence-corrected chi connectivity index (χ0v) is 11.3. The lowest BCUT2D eigenvalue weighted by molar-refractivity contribution is 0.573. The maximum atomic E-state index is 4.82. The molecule has 0 N–H and O–H groups in total. The largest absolute Gasteiger partial charge is 0.357 e. The van der Waals surface area contributed by atoms with E-state index in [1.807, 2.05) is 0 Å². The van der Waals surface area contributed by atoms with Crippen LogP contribution in [0, 0.1) is 0 Å². The highest BCUT2D eigenvalue weighted by Gasteiger charge is 2.12. The lowest BCUT2D eigenvalue weighted by Crippen LogP contribution is -2.30. The summed E-state index contributed by atoms with van der Waals surface area (Å²) >= 11 is 0. The summed E-state index contributed by atoms with van der Waals surface area (Å²) in [5, 5.41) is 0. The minimum absolute atomic E-state index is 0.919. The van der Waals surface area contributed by atoms with E-state index >= 15 is 0 Å². The minimum atomic E-state index is 0.919. The van der Waals surface area contributed by atoms with Gasteiger partial charge in [0.15, 0.2) is 0 Å². The van der Waals surface area contributed by atoms with Crippen LogP contribution in [0.3, 0.4) is 0 Å². The fourth-order valence-electron chi connectivity index (χ4n) is 2.67. The molecule has 0 saturated carbocycles. The molecule has 1 aromatic heterocycles. The molecule has 2 nitrogen and oxygen atoms in total. The molecule has 0 amide bonds. The Balaban J connectivity index is 1.76. The zero-order valence-electron chi connectivity index (χ0n) is 11.3. The molecule has 0 atom stereocenters. The molecule has 2 heteroatoms. The fourth-order valence-corrected chi connectivity index (χ4v) is 2.67. The quantitative estimate of drug-likeness (QED) is 0.828. The number of anilines is 1. The summed E-state index contributed by atoms with van der Waals surface area (Å²) in [6, 6.07) is 17.0. The lowest BCUT2D eigenvalue weighted by atomic mass is 10.1. The summed E-state index contributed by atoms with van der Waals surface area (Å²) in [6.07, 6.45) is 4.87. The Bertz CT molecular complexity index is 516. The van der Waals surface area contributed by atoms with Gasteiger partial charge < -0.3 is 4.90 Å². The second-order valence-corrected chi connectivity index (χ2v) is 5.20. The van der Waals surface area contributed by atoms with E-state index in [9.17, 15) is 0 Å². The van der Waals surface area contributed by atoms with Crippen molar-refractivity contribution in [2.45, 2.75) is 25.7 Å². The van der Waals surface area contributed by atoms with E-state index in [1.165, 1.54) is 24.8 Å². The third kappa shape index (κ3) is 3.14. The molecular formula is C17H20N2. The van der Waals surface area contributed by atoms with E-state index in [0.29, 0.717) is 0 Å². The molecule has 1 aliphatic heterocycles. The summed E-state index contributed by atoms with van der Waals surface area (Å²) in [5.41, 5.74) is 2.49. The number of pyridine rings is 1. The van der Waals surface area contributed by atoms with Gasteiger partial charge in [0.1, 0.15) is 5.82 Å². The Morgan fingerprint density at radius 3 is 2.42 bits per heavy atom. The van der Waals surface area contributed by atoms with Gasteiger partial charge >= 0.3 is 0 Å². The van der Waals surface area contributed by atoms with Crippen LogP contribution in [-0.4, -0.2) is 18.1 Å². The molecule has 0 bridgehead atoms. The molecular weight excluding hydrogens is 232 g/mol. The number of benzene rings is 1. The van der Waals surface area contributed by atoms with E-state index in [-0.39, 0.29) is 0 Å². The predicted molar refractivity (Wildman–Crippen MR) is 79.5 cm³/mol. The van der Waals surface area contributed by atoms with Gasteiger partial charge in [0, 0.05) is 25.2 Å². The van der Waals surface area contributed by atoms with Crippen molar-refractivity contribution >= 4 is 5.82 Å². The van der Waals surface area contributed by atoms with E-state index < -0.39 is 0 Å². The first-order chi connectivity index (χ1) is 9.42. The van der Waals surface area contributed by atoms with Crippen LogP contribution in [0.25, 0.3) is 0 Å². The first-order valence-corrected chi connectivity index (χ1v) is 7.17. The van der Waals surface area contributed by atoms with Gasteiger partial charge in [0.2, 0.25) is 0 Å². The van der Waals surface area contributed by atoms with Crippen LogP contribution in [0.2, 0.25) is 0 Å². The second-order valence-electron chi connectivity index (χ2n) is 5.20. The highest BCUT2D eigenvalue weighted by Crippen LogP contribution is 2.18. The number of nitrogens with zero attached hydrogens (tertiary/aromatic N) is 2. The zero-order chi connectivity index (χ0) is 12.9. The van der Waals surface area contributed by atoms with Crippen molar-refractivity contribution in [1.29, 1.82) is 0 Å². The maximum Gasteiger partial charge on any atom is 0.128 e. The average Bonchev–Trinajstić information content (AvgIpc) is 2.49. The van der Waals surface area contributed by atoms with Crippen LogP contribution in [-0.2, 0) is 6.42 Å². The van der Waals surface area contributed by atoms with E-state index in [0.717, 1.165) is 31.0 Å². The molecule has 3 rings (SSSR count). The second kappa shape index (κ2) is 5.87. The minimum Gasteiger partial charge on any atom is -0.357 e. The van der Waals surface area contributed by atoms with Crippen LogP contribution in [0.1, 0.15) is 30.5 Å². The smallest absolute Gasteiger partial charge is 0.128 e. The van der Waals surface area contributed by atoms with Crippen molar-refractivity contribution in [1.82, 2.24) is 4.98 Å². The van der Waals surface area contributed by atoms with Crippen molar-refractivity contribution in [2.24, 2.45) is 0 Å². The Hall–Kier alpha value is -1.83. The Kier molecular flexibility index (Phi) is 3.78. The van der Waals surface area contributed by atoms with E-state index in [1.54, 1.807) is 0 Å². The molecule has 2 aromatic rings. The topological polar surface area (TPSA) is 16.1 Å². The van der Waals surface area contributed by atoms with Crippen molar-refractivity contribution in [3.8, 4) is 0 Å². The van der Waals surface area contributed by atoms with Gasteiger partial charge in [-0.1, -0.05) is 36.4 Å². The third-order valence-corrected chi connectivity index (χ3v) is 3.70. The summed E-state index contributed by atoms with van der Waals surface area (Å²) in [6.45, 7) is 2.31. The Labute approximate surface area is 115 Å². The molecule has 19 heavy (non-hydrogen) atoms. The molecule has 0 spiro atoms. The monoisotopic (exact) mass is 252 g/mol. The maximum absolute atomic E-state index is 4.82. The van der Waals surface area contributed by atoms with Crippen LogP contribution in [0.4, 0.5) is 5.82 Å². The molecule has 1 saturated heterocycles. The van der Waals surface area contributed by atoms with Crippen molar-refractivity contribution in [3.05, 3.63) is 59.8 Å². The SMILES string of the molecule is c1ccc(Cc2cccc(N3CCCCC3)n2)cc1. The van der Waals surface area contributed by atoms with Gasteiger partial charge in [0.25, 0.3) is 0 Å². The number of aromatic nitrogens is 1. The molecule has 0 unspecified atom stereocenters. The Morgan fingerprint density at radius 2 is 1.63 bits per heavy atom. The number of piperidine rings is 1. The normalized spacial score (nSPS) is 15.5. The van der Waals surface area contributed by atoms with Gasteiger partial charge in [-0.15, -0.1) is 0 Å². The predicted octanol–water partition coefficient (Wildman–Crippen LogP) is 3.66. The van der Waals surface area contributed by atoms with E-state index in [2.05, 4.69) is 53.4 Å². The van der Waals surface area contributed by atoms with Gasteiger partial charge in [-0.25, -0.2) is 4.98 Å². The standard InChI is InChI=1S/C17H20N2/c1-3-8-15(9-4-1)14-16-10-7-11-17(18-16)19-12-5-2-6-13-19/h1,3-4,7-11H,2,5-6,12-14H2. The van der Waals surface area contributed by atoms with Gasteiger partial charge in [0.05, 0.1) is 0 Å². The molecule has 1 fully saturated rings. The summed E-state index contributed by atoms with van der Waals surface area (Å²) in [4.78, 5) is 7.23.